The van der Waals surface area contributed by atoms with E-state index in [4.69, 9.17) is 5.73 Å². The molecule has 26 heavy (non-hydrogen) atoms. The van der Waals surface area contributed by atoms with Crippen molar-refractivity contribution in [1.29, 1.82) is 0 Å². The molecule has 3 heterocycles. The van der Waals surface area contributed by atoms with Crippen LogP contribution in [0.25, 0.3) is 0 Å². The number of nitrogens with two attached hydrogens (primary N) is 1. The molecule has 2 aliphatic heterocycles. The van der Waals surface area contributed by atoms with E-state index in [1.54, 1.807) is 0 Å². The highest BCUT2D eigenvalue weighted by atomic mass is 16.2. The molecule has 1 aromatic heterocycles. The zero-order valence-electron chi connectivity index (χ0n) is 16.0. The summed E-state index contributed by atoms with van der Waals surface area (Å²) in [6, 6.07) is 0. The van der Waals surface area contributed by atoms with Crippen molar-refractivity contribution < 1.29 is 9.59 Å². The summed E-state index contributed by atoms with van der Waals surface area (Å²) in [6.07, 6.45) is 4.91. The average Bonchev–Trinajstić information content (AvgIpc) is 2.73. The van der Waals surface area contributed by atoms with Gasteiger partial charge in [-0.1, -0.05) is 0 Å². The lowest BCUT2D eigenvalue weighted by atomic mass is 9.73. The largest absolute Gasteiger partial charge is 0.368 e. The van der Waals surface area contributed by atoms with E-state index in [1.165, 1.54) is 0 Å². The molecule has 0 aromatic carbocycles. The van der Waals surface area contributed by atoms with Crippen LogP contribution in [-0.4, -0.2) is 58.3 Å². The first kappa shape index (κ1) is 18.6. The zero-order chi connectivity index (χ0) is 18.9. The maximum Gasteiger partial charge on any atom is 0.227 e. The molecule has 7 nitrogen and oxygen atoms in total. The van der Waals surface area contributed by atoms with Gasteiger partial charge in [0.25, 0.3) is 0 Å². The van der Waals surface area contributed by atoms with Crippen molar-refractivity contribution in [3.63, 3.8) is 0 Å². The molecule has 2 saturated heterocycles. The smallest absolute Gasteiger partial charge is 0.227 e. The topological polar surface area (TPSA) is 92.4 Å². The standard InChI is InChI=1S/C19H29N5O2/c1-13-15(14(2)22-18(20)21-13)12-17(26)24-10-7-19(8-11-24)5-4-16(25)23(3)9-6-19/h4-12H2,1-3H3,(H2,20,21,22). The summed E-state index contributed by atoms with van der Waals surface area (Å²) in [5.74, 6) is 0.625. The molecule has 142 valence electrons. The van der Waals surface area contributed by atoms with Gasteiger partial charge in [-0.05, 0) is 44.9 Å². The molecule has 2 N–H and O–H groups in total. The fourth-order valence-electron chi connectivity index (χ4n) is 4.23. The number of rotatable bonds is 2. The van der Waals surface area contributed by atoms with E-state index in [-0.39, 0.29) is 23.2 Å². The molecule has 1 spiro atoms. The van der Waals surface area contributed by atoms with Gasteiger partial charge in [-0.15, -0.1) is 0 Å². The molecule has 7 heteroatoms. The Morgan fingerprint density at radius 1 is 1.08 bits per heavy atom. The van der Waals surface area contributed by atoms with Crippen molar-refractivity contribution in [3.8, 4) is 0 Å². The van der Waals surface area contributed by atoms with Crippen LogP contribution in [0, 0.1) is 19.3 Å². The molecule has 2 aliphatic rings. The molecule has 1 aromatic rings. The second-order valence-electron chi connectivity index (χ2n) is 7.85. The lowest BCUT2D eigenvalue weighted by Gasteiger charge is -2.41. The van der Waals surface area contributed by atoms with Crippen LogP contribution in [0.5, 0.6) is 0 Å². The van der Waals surface area contributed by atoms with E-state index < -0.39 is 0 Å². The van der Waals surface area contributed by atoms with Crippen molar-refractivity contribution in [1.82, 2.24) is 19.8 Å². The third-order valence-electron chi connectivity index (χ3n) is 6.22. The van der Waals surface area contributed by atoms with Crippen molar-refractivity contribution >= 4 is 17.8 Å². The van der Waals surface area contributed by atoms with Crippen LogP contribution in [0.3, 0.4) is 0 Å². The summed E-state index contributed by atoms with van der Waals surface area (Å²) in [5, 5.41) is 0. The second kappa shape index (κ2) is 7.21. The SMILES string of the molecule is Cc1nc(N)nc(C)c1CC(=O)N1CCC2(CCC(=O)N(C)CC2)CC1. The Balaban J connectivity index is 1.61. The van der Waals surface area contributed by atoms with Crippen molar-refractivity contribution in [2.24, 2.45) is 5.41 Å². The van der Waals surface area contributed by atoms with Crippen LogP contribution in [0.15, 0.2) is 0 Å². The Labute approximate surface area is 155 Å². The van der Waals surface area contributed by atoms with Gasteiger partial charge in [0.05, 0.1) is 6.42 Å². The number of hydrogen-bond acceptors (Lipinski definition) is 5. The van der Waals surface area contributed by atoms with Gasteiger partial charge in [-0.2, -0.15) is 0 Å². The number of carbonyl (C=O) groups is 2. The lowest BCUT2D eigenvalue weighted by molar-refractivity contribution is -0.133. The Hall–Kier alpha value is -2.18. The predicted molar refractivity (Wildman–Crippen MR) is 99.4 cm³/mol. The Kier molecular flexibility index (Phi) is 5.16. The van der Waals surface area contributed by atoms with Crippen LogP contribution in [0.2, 0.25) is 0 Å². The fourth-order valence-corrected chi connectivity index (χ4v) is 4.23. The number of aromatic nitrogens is 2. The van der Waals surface area contributed by atoms with Crippen LogP contribution in [0.1, 0.15) is 49.1 Å². The number of likely N-dealkylation sites (tertiary alicyclic amines) is 2. The summed E-state index contributed by atoms with van der Waals surface area (Å²) in [7, 11) is 1.89. The third kappa shape index (κ3) is 3.81. The molecule has 3 rings (SSSR count). The van der Waals surface area contributed by atoms with Gasteiger partial charge in [-0.3, -0.25) is 9.59 Å². The van der Waals surface area contributed by atoms with Gasteiger partial charge < -0.3 is 15.5 Å². The van der Waals surface area contributed by atoms with Gasteiger partial charge in [0, 0.05) is 50.1 Å². The molecular formula is C19H29N5O2. The first-order valence-corrected chi connectivity index (χ1v) is 9.41. The number of nitrogen functional groups attached to an aromatic ring is 1. The summed E-state index contributed by atoms with van der Waals surface area (Å²) >= 11 is 0. The van der Waals surface area contributed by atoms with Crippen molar-refractivity contribution in [3.05, 3.63) is 17.0 Å². The minimum atomic E-state index is 0.126. The maximum absolute atomic E-state index is 12.8. The number of aryl methyl sites for hydroxylation is 2. The van der Waals surface area contributed by atoms with E-state index in [9.17, 15) is 9.59 Å². The number of anilines is 1. The number of carbonyl (C=O) groups excluding carboxylic acids is 2. The maximum atomic E-state index is 12.8. The normalized spacial score (nSPS) is 20.3. The summed E-state index contributed by atoms with van der Waals surface area (Å²) in [6.45, 7) is 6.11. The number of nitrogens with zero attached hydrogens (tertiary/aromatic N) is 4. The Morgan fingerprint density at radius 2 is 1.65 bits per heavy atom. The van der Waals surface area contributed by atoms with E-state index in [0.29, 0.717) is 12.8 Å². The number of amides is 2. The molecule has 0 saturated carbocycles. The zero-order valence-corrected chi connectivity index (χ0v) is 16.0. The van der Waals surface area contributed by atoms with Gasteiger partial charge in [-0.25, -0.2) is 9.97 Å². The molecule has 0 aliphatic carbocycles. The van der Waals surface area contributed by atoms with E-state index in [2.05, 4.69) is 9.97 Å². The van der Waals surface area contributed by atoms with E-state index in [1.807, 2.05) is 30.7 Å². The van der Waals surface area contributed by atoms with Gasteiger partial charge in [0.1, 0.15) is 0 Å². The fraction of sp³-hybridized carbons (Fsp3) is 0.684. The van der Waals surface area contributed by atoms with Crippen molar-refractivity contribution in [2.45, 2.75) is 52.4 Å². The predicted octanol–water partition coefficient (Wildman–Crippen LogP) is 1.47. The van der Waals surface area contributed by atoms with Gasteiger partial charge in [0.2, 0.25) is 17.8 Å². The molecule has 0 atom stereocenters. The Bertz CT molecular complexity index is 687. The number of piperidine rings is 1. The second-order valence-corrected chi connectivity index (χ2v) is 7.85. The molecule has 0 unspecified atom stereocenters. The third-order valence-corrected chi connectivity index (χ3v) is 6.22. The van der Waals surface area contributed by atoms with Crippen LogP contribution in [0.4, 0.5) is 5.95 Å². The first-order chi connectivity index (χ1) is 12.3. The highest BCUT2D eigenvalue weighted by Gasteiger charge is 2.38. The van der Waals surface area contributed by atoms with Crippen LogP contribution < -0.4 is 5.73 Å². The molecule has 0 bridgehead atoms. The molecule has 2 amide bonds. The lowest BCUT2D eigenvalue weighted by Crippen LogP contribution is -2.44. The molecular weight excluding hydrogens is 330 g/mol. The highest BCUT2D eigenvalue weighted by molar-refractivity contribution is 5.79. The molecule has 2 fully saturated rings. The quantitative estimate of drug-likeness (QED) is 0.863. The van der Waals surface area contributed by atoms with Crippen molar-refractivity contribution in [2.75, 3.05) is 32.4 Å². The van der Waals surface area contributed by atoms with Gasteiger partial charge >= 0.3 is 0 Å². The Morgan fingerprint density at radius 3 is 2.27 bits per heavy atom. The van der Waals surface area contributed by atoms with Crippen LogP contribution in [-0.2, 0) is 16.0 Å². The van der Waals surface area contributed by atoms with Gasteiger partial charge in [0.15, 0.2) is 0 Å². The average molecular weight is 359 g/mol. The first-order valence-electron chi connectivity index (χ1n) is 9.41. The summed E-state index contributed by atoms with van der Waals surface area (Å²) < 4.78 is 0. The minimum absolute atomic E-state index is 0.126. The monoisotopic (exact) mass is 359 g/mol. The minimum Gasteiger partial charge on any atom is -0.368 e. The molecule has 0 radical (unpaired) electrons. The van der Waals surface area contributed by atoms with E-state index in [0.717, 1.165) is 62.3 Å². The highest BCUT2D eigenvalue weighted by Crippen LogP contribution is 2.41. The van der Waals surface area contributed by atoms with Crippen LogP contribution >= 0.6 is 0 Å². The summed E-state index contributed by atoms with van der Waals surface area (Å²) in [5.41, 5.74) is 8.32. The number of hydrogen-bond donors (Lipinski definition) is 1. The van der Waals surface area contributed by atoms with E-state index >= 15 is 0 Å². The summed E-state index contributed by atoms with van der Waals surface area (Å²) in [4.78, 5) is 36.9.